The summed E-state index contributed by atoms with van der Waals surface area (Å²) in [6.45, 7) is 20.4. The van der Waals surface area contributed by atoms with E-state index in [0.29, 0.717) is 41.6 Å². The second-order valence-corrected chi connectivity index (χ2v) is 16.6. The van der Waals surface area contributed by atoms with Crippen LogP contribution in [0.1, 0.15) is 106 Å². The fourth-order valence-electron chi connectivity index (χ4n) is 12.6. The topological polar surface area (TPSA) is 50.4 Å². The molecule has 5 aliphatic carbocycles. The van der Waals surface area contributed by atoms with E-state index in [1.54, 1.807) is 6.92 Å². The van der Waals surface area contributed by atoms with Crippen LogP contribution in [0.15, 0.2) is 42.7 Å². The number of carbonyl (C=O) groups excluding carboxylic acids is 1. The number of pyridine rings is 1. The minimum absolute atomic E-state index is 0.0127. The van der Waals surface area contributed by atoms with Crippen molar-refractivity contribution in [3.8, 4) is 0 Å². The molecule has 5 fully saturated rings. The molecule has 41 heavy (non-hydrogen) atoms. The zero-order valence-corrected chi connectivity index (χ0v) is 26.8. The molecule has 0 amide bonds. The van der Waals surface area contributed by atoms with Crippen molar-refractivity contribution >= 4 is 5.97 Å². The number of carbonyl (C=O) groups is 1. The second-order valence-electron chi connectivity index (χ2n) is 16.6. The Morgan fingerprint density at radius 3 is 2.32 bits per heavy atom. The predicted molar refractivity (Wildman–Crippen MR) is 163 cm³/mol. The van der Waals surface area contributed by atoms with Gasteiger partial charge in [-0.2, -0.15) is 0 Å². The van der Waals surface area contributed by atoms with Crippen molar-refractivity contribution in [2.75, 3.05) is 6.61 Å². The Kier molecular flexibility index (Phi) is 7.12. The average molecular weight is 563 g/mol. The molecule has 0 aromatic carbocycles. The number of allylic oxidation sites excluding steroid dienone is 1. The molecule has 4 nitrogen and oxygen atoms in total. The lowest BCUT2D eigenvalue weighted by Crippen LogP contribution is -2.66. The number of hydrogen-bond donors (Lipinski definition) is 1. The van der Waals surface area contributed by atoms with Crippen LogP contribution in [-0.4, -0.2) is 23.8 Å². The van der Waals surface area contributed by atoms with Crippen LogP contribution in [0.5, 0.6) is 0 Å². The summed E-state index contributed by atoms with van der Waals surface area (Å²) in [5.74, 6) is 2.76. The molecule has 5 aliphatic rings. The van der Waals surface area contributed by atoms with E-state index >= 15 is 0 Å². The van der Waals surface area contributed by atoms with Gasteiger partial charge in [0.2, 0.25) is 0 Å². The quantitative estimate of drug-likeness (QED) is 0.229. The molecule has 0 aliphatic heterocycles. The first-order valence-electron chi connectivity index (χ1n) is 16.7. The van der Waals surface area contributed by atoms with E-state index in [1.807, 2.05) is 0 Å². The molecule has 4 heteroatoms. The summed E-state index contributed by atoms with van der Waals surface area (Å²) < 4.78 is 8.17. The van der Waals surface area contributed by atoms with Crippen molar-refractivity contribution < 1.29 is 19.2 Å². The Balaban J connectivity index is 1.36. The maximum atomic E-state index is 12.1. The zero-order valence-electron chi connectivity index (χ0n) is 26.8. The fourth-order valence-corrected chi connectivity index (χ4v) is 12.6. The van der Waals surface area contributed by atoms with E-state index in [2.05, 4.69) is 69.8 Å². The lowest BCUT2D eigenvalue weighted by molar-refractivity contribution is -0.689. The van der Waals surface area contributed by atoms with Crippen molar-refractivity contribution in [1.29, 1.82) is 0 Å². The van der Waals surface area contributed by atoms with Crippen molar-refractivity contribution in [3.05, 3.63) is 42.7 Å². The number of esters is 1. The van der Waals surface area contributed by atoms with Crippen LogP contribution in [0.4, 0.5) is 0 Å². The number of aliphatic hydroxyl groups excluding tert-OH is 1. The number of aromatic nitrogens is 1. The van der Waals surface area contributed by atoms with Gasteiger partial charge in [-0.05, 0) is 121 Å². The van der Waals surface area contributed by atoms with Crippen LogP contribution in [0.2, 0.25) is 0 Å². The molecule has 6 rings (SSSR count). The van der Waals surface area contributed by atoms with Gasteiger partial charge in [-0.15, -0.1) is 0 Å². The largest absolute Gasteiger partial charge is 0.465 e. The minimum Gasteiger partial charge on any atom is -0.465 e. The van der Waals surface area contributed by atoms with Crippen molar-refractivity contribution in [1.82, 2.24) is 0 Å². The highest BCUT2D eigenvalue weighted by atomic mass is 16.5. The first kappa shape index (κ1) is 29.4. The number of nitrogens with zero attached hydrogens (tertiary/aromatic N) is 1. The Labute approximate surface area is 249 Å². The summed E-state index contributed by atoms with van der Waals surface area (Å²) >= 11 is 0. The first-order valence-corrected chi connectivity index (χ1v) is 16.7. The lowest BCUT2D eigenvalue weighted by Gasteiger charge is -2.73. The van der Waals surface area contributed by atoms with E-state index in [-0.39, 0.29) is 33.7 Å². The number of aliphatic hydroxyl groups is 1. The van der Waals surface area contributed by atoms with Crippen molar-refractivity contribution in [3.63, 3.8) is 0 Å². The maximum Gasteiger partial charge on any atom is 0.302 e. The van der Waals surface area contributed by atoms with E-state index in [9.17, 15) is 9.90 Å². The third kappa shape index (κ3) is 4.23. The van der Waals surface area contributed by atoms with Crippen LogP contribution in [0.25, 0.3) is 0 Å². The summed E-state index contributed by atoms with van der Waals surface area (Å²) in [5, 5.41) is 11.1. The van der Waals surface area contributed by atoms with E-state index in [1.165, 1.54) is 37.7 Å². The molecule has 1 N–H and O–H groups in total. The standard InChI is InChI=1S/C37H56NO3/c1-25(23-38-21-9-8-10-22-38)27-13-18-37(24-41-26(2)39)20-19-35(6)28(32(27)37)11-12-30-34(5)16-15-31(40)33(3,4)29(34)14-17-36(30,35)7/h8-10,21-22,27-32,40H,1,11-20,23-24H2,2-7H3/q+1/t27-,28+,29-,30+,31-,32+,34-,35+,36+,37+/m0/s1. The van der Waals surface area contributed by atoms with Gasteiger partial charge in [0.25, 0.3) is 0 Å². The molecule has 5 saturated carbocycles. The van der Waals surface area contributed by atoms with Gasteiger partial charge in [-0.1, -0.05) is 47.3 Å². The number of rotatable bonds is 5. The third-order valence-corrected chi connectivity index (χ3v) is 14.8. The van der Waals surface area contributed by atoms with Gasteiger partial charge in [-0.25, -0.2) is 4.57 Å². The predicted octanol–water partition coefficient (Wildman–Crippen LogP) is 7.54. The zero-order chi connectivity index (χ0) is 29.4. The van der Waals surface area contributed by atoms with Crippen LogP contribution < -0.4 is 4.57 Å². The molecular formula is C37H56NO3+. The molecule has 1 heterocycles. The molecule has 0 spiro atoms. The average Bonchev–Trinajstić information content (AvgIpc) is 3.31. The SMILES string of the molecule is C=C(C[n+]1ccccc1)[C@@H]1CC[C@]2(COC(C)=O)CC[C@]3(C)[C@H](CC[C@@H]4[C@@]5(C)CC[C@H](O)C(C)(C)[C@@H]5CC[C@]43C)[C@@H]12. The highest BCUT2D eigenvalue weighted by molar-refractivity contribution is 5.65. The van der Waals surface area contributed by atoms with Gasteiger partial charge in [0.05, 0.1) is 12.7 Å². The lowest BCUT2D eigenvalue weighted by atomic mass is 9.32. The van der Waals surface area contributed by atoms with Gasteiger partial charge in [0.15, 0.2) is 18.9 Å². The fraction of sp³-hybridized carbons (Fsp3) is 0.784. The number of ether oxygens (including phenoxy) is 1. The minimum atomic E-state index is -0.179. The van der Waals surface area contributed by atoms with E-state index in [4.69, 9.17) is 11.3 Å². The monoisotopic (exact) mass is 562 g/mol. The van der Waals surface area contributed by atoms with Crippen LogP contribution in [0.3, 0.4) is 0 Å². The second kappa shape index (κ2) is 9.93. The molecule has 0 saturated heterocycles. The highest BCUT2D eigenvalue weighted by Crippen LogP contribution is 2.77. The van der Waals surface area contributed by atoms with E-state index < -0.39 is 0 Å². The number of fused-ring (bicyclic) bond motifs is 7. The summed E-state index contributed by atoms with van der Waals surface area (Å²) in [6.07, 6.45) is 16.0. The summed E-state index contributed by atoms with van der Waals surface area (Å²) in [7, 11) is 0. The smallest absolute Gasteiger partial charge is 0.302 e. The Morgan fingerprint density at radius 2 is 1.61 bits per heavy atom. The third-order valence-electron chi connectivity index (χ3n) is 14.8. The van der Waals surface area contributed by atoms with Crippen molar-refractivity contribution in [2.24, 2.45) is 56.7 Å². The Bertz CT molecular complexity index is 1180. The summed E-state index contributed by atoms with van der Waals surface area (Å²) in [5.41, 5.74) is 2.25. The van der Waals surface area contributed by atoms with Gasteiger partial charge >= 0.3 is 5.97 Å². The maximum absolute atomic E-state index is 12.1. The molecule has 10 atom stereocenters. The van der Waals surface area contributed by atoms with E-state index in [0.717, 1.165) is 38.6 Å². The summed E-state index contributed by atoms with van der Waals surface area (Å²) in [6, 6.07) is 6.29. The van der Waals surface area contributed by atoms with Crippen LogP contribution in [0, 0.1) is 56.7 Å². The molecule has 0 radical (unpaired) electrons. The molecule has 1 aromatic heterocycles. The van der Waals surface area contributed by atoms with Gasteiger partial charge < -0.3 is 9.84 Å². The Hall–Kier alpha value is -1.68. The van der Waals surface area contributed by atoms with Crippen LogP contribution >= 0.6 is 0 Å². The summed E-state index contributed by atoms with van der Waals surface area (Å²) in [4.78, 5) is 12.1. The number of hydrogen-bond acceptors (Lipinski definition) is 3. The Morgan fingerprint density at radius 1 is 0.878 bits per heavy atom. The molecule has 1 aromatic rings. The molecule has 0 unspecified atom stereocenters. The molecule has 226 valence electrons. The van der Waals surface area contributed by atoms with Crippen LogP contribution in [-0.2, 0) is 16.1 Å². The highest BCUT2D eigenvalue weighted by Gasteiger charge is 2.71. The normalized spacial score (nSPS) is 46.4. The van der Waals surface area contributed by atoms with Crippen molar-refractivity contribution in [2.45, 2.75) is 118 Å². The van der Waals surface area contributed by atoms with Gasteiger partial charge in [0, 0.05) is 24.5 Å². The molecular weight excluding hydrogens is 506 g/mol. The van der Waals surface area contributed by atoms with Gasteiger partial charge in [0.1, 0.15) is 0 Å². The van der Waals surface area contributed by atoms with Gasteiger partial charge in [-0.3, -0.25) is 4.79 Å². The molecule has 0 bridgehead atoms. The first-order chi connectivity index (χ1) is 19.3.